The van der Waals surface area contributed by atoms with E-state index in [2.05, 4.69) is 21.4 Å². The molecule has 152 valence electrons. The van der Waals surface area contributed by atoms with E-state index in [9.17, 15) is 5.26 Å². The van der Waals surface area contributed by atoms with Crippen LogP contribution in [0.4, 0.5) is 11.6 Å². The maximum atomic E-state index is 9.61. The number of nitrogens with one attached hydrogen (secondary N) is 1. The van der Waals surface area contributed by atoms with Gasteiger partial charge in [-0.25, -0.2) is 9.97 Å². The first-order valence-electron chi connectivity index (χ1n) is 9.78. The van der Waals surface area contributed by atoms with E-state index in [0.29, 0.717) is 36.2 Å². The lowest BCUT2D eigenvalue weighted by molar-refractivity contribution is 0.0254. The van der Waals surface area contributed by atoms with Gasteiger partial charge in [0, 0.05) is 36.4 Å². The van der Waals surface area contributed by atoms with Gasteiger partial charge in [-0.15, -0.1) is 0 Å². The van der Waals surface area contributed by atoms with Gasteiger partial charge in [-0.2, -0.15) is 5.26 Å². The van der Waals surface area contributed by atoms with Crippen molar-refractivity contribution in [3.05, 3.63) is 60.3 Å². The van der Waals surface area contributed by atoms with Gasteiger partial charge in [-0.05, 0) is 36.4 Å². The van der Waals surface area contributed by atoms with Crippen molar-refractivity contribution in [1.29, 1.82) is 5.26 Å². The highest BCUT2D eigenvalue weighted by Crippen LogP contribution is 2.28. The van der Waals surface area contributed by atoms with Gasteiger partial charge in [0.05, 0.1) is 31.6 Å². The Morgan fingerprint density at radius 1 is 1.13 bits per heavy atom. The van der Waals surface area contributed by atoms with Crippen LogP contribution in [0.15, 0.2) is 54.7 Å². The molecule has 1 aromatic heterocycles. The van der Waals surface area contributed by atoms with E-state index in [1.54, 1.807) is 19.4 Å². The minimum atomic E-state index is 0.0782. The van der Waals surface area contributed by atoms with Crippen LogP contribution < -0.4 is 14.8 Å². The van der Waals surface area contributed by atoms with E-state index >= 15 is 0 Å². The number of rotatable bonds is 6. The summed E-state index contributed by atoms with van der Waals surface area (Å²) in [4.78, 5) is 8.87. The Labute approximate surface area is 175 Å². The normalized spacial score (nSPS) is 14.0. The average molecular weight is 402 g/mol. The molecular weight excluding hydrogens is 380 g/mol. The van der Waals surface area contributed by atoms with Crippen LogP contribution in [0.3, 0.4) is 0 Å². The number of aromatic nitrogens is 2. The number of ether oxygens (including phenoxy) is 3. The van der Waals surface area contributed by atoms with E-state index < -0.39 is 0 Å². The number of hydrogen-bond donors (Lipinski definition) is 1. The zero-order chi connectivity index (χ0) is 20.8. The number of hydrogen-bond acceptors (Lipinski definition) is 7. The van der Waals surface area contributed by atoms with Gasteiger partial charge >= 0.3 is 0 Å². The van der Waals surface area contributed by atoms with Crippen molar-refractivity contribution in [3.8, 4) is 28.8 Å². The minimum absolute atomic E-state index is 0.0782. The maximum Gasteiger partial charge on any atom is 0.227 e. The Morgan fingerprint density at radius 2 is 2.00 bits per heavy atom. The summed E-state index contributed by atoms with van der Waals surface area (Å²) in [6.45, 7) is 1.38. The highest BCUT2D eigenvalue weighted by Gasteiger charge is 2.17. The molecule has 4 rings (SSSR count). The van der Waals surface area contributed by atoms with Crippen molar-refractivity contribution in [2.24, 2.45) is 0 Å². The smallest absolute Gasteiger partial charge is 0.227 e. The molecule has 1 aliphatic rings. The number of benzene rings is 2. The molecule has 1 aliphatic heterocycles. The first-order chi connectivity index (χ1) is 14.7. The highest BCUT2D eigenvalue weighted by atomic mass is 16.5. The van der Waals surface area contributed by atoms with Crippen LogP contribution in [-0.4, -0.2) is 36.4 Å². The molecule has 0 radical (unpaired) electrons. The van der Waals surface area contributed by atoms with Crippen LogP contribution in [0.2, 0.25) is 0 Å². The van der Waals surface area contributed by atoms with Crippen LogP contribution in [0.5, 0.6) is 11.5 Å². The lowest BCUT2D eigenvalue weighted by Crippen LogP contribution is -2.26. The molecule has 0 spiro atoms. The predicted octanol–water partition coefficient (Wildman–Crippen LogP) is 4.33. The van der Waals surface area contributed by atoms with Crippen LogP contribution >= 0.6 is 0 Å². The van der Waals surface area contributed by atoms with E-state index in [-0.39, 0.29) is 6.10 Å². The van der Waals surface area contributed by atoms with Gasteiger partial charge in [-0.3, -0.25) is 0 Å². The fourth-order valence-electron chi connectivity index (χ4n) is 3.26. The van der Waals surface area contributed by atoms with Gasteiger partial charge in [0.25, 0.3) is 0 Å². The molecule has 2 aromatic carbocycles. The summed E-state index contributed by atoms with van der Waals surface area (Å²) in [5.41, 5.74) is 2.84. The average Bonchev–Trinajstić information content (AvgIpc) is 2.80. The third-order valence-corrected chi connectivity index (χ3v) is 4.84. The van der Waals surface area contributed by atoms with Gasteiger partial charge in [0.15, 0.2) is 0 Å². The molecule has 0 bridgehead atoms. The second-order valence-corrected chi connectivity index (χ2v) is 6.87. The fourth-order valence-corrected chi connectivity index (χ4v) is 3.26. The van der Waals surface area contributed by atoms with Crippen LogP contribution in [0.1, 0.15) is 18.4 Å². The first-order valence-corrected chi connectivity index (χ1v) is 9.78. The highest BCUT2D eigenvalue weighted by molar-refractivity contribution is 5.66. The summed E-state index contributed by atoms with van der Waals surface area (Å²) in [6.07, 6.45) is 3.42. The Balaban J connectivity index is 1.54. The molecule has 7 heteroatoms. The van der Waals surface area contributed by atoms with E-state index in [1.807, 2.05) is 42.5 Å². The summed E-state index contributed by atoms with van der Waals surface area (Å²) in [5.74, 6) is 1.80. The standard InChI is InChI=1S/C23H22N4O3/c1-28-20-4-2-3-18(14-20)26-23-25-10-7-21(27-23)16-5-6-22(17(13-16)15-24)30-19-8-11-29-12-9-19/h2-7,10,13-14,19H,8-9,11-12H2,1H3,(H,25,26,27). The van der Waals surface area contributed by atoms with Crippen molar-refractivity contribution in [2.75, 3.05) is 25.6 Å². The molecule has 3 aromatic rings. The van der Waals surface area contributed by atoms with Crippen molar-refractivity contribution >= 4 is 11.6 Å². The molecule has 1 N–H and O–H groups in total. The molecule has 0 saturated carbocycles. The third kappa shape index (κ3) is 4.67. The van der Waals surface area contributed by atoms with Crippen LogP contribution in [-0.2, 0) is 4.74 Å². The zero-order valence-corrected chi connectivity index (χ0v) is 16.7. The monoisotopic (exact) mass is 402 g/mol. The lowest BCUT2D eigenvalue weighted by atomic mass is 10.1. The summed E-state index contributed by atoms with van der Waals surface area (Å²) in [6, 6.07) is 17.1. The molecule has 0 amide bonds. The third-order valence-electron chi connectivity index (χ3n) is 4.84. The van der Waals surface area contributed by atoms with Crippen molar-refractivity contribution < 1.29 is 14.2 Å². The summed E-state index contributed by atoms with van der Waals surface area (Å²) in [5, 5.41) is 12.8. The quantitative estimate of drug-likeness (QED) is 0.656. The maximum absolute atomic E-state index is 9.61. The van der Waals surface area contributed by atoms with Crippen molar-refractivity contribution in [2.45, 2.75) is 18.9 Å². The van der Waals surface area contributed by atoms with E-state index in [0.717, 1.165) is 29.8 Å². The number of nitriles is 1. The van der Waals surface area contributed by atoms with E-state index in [4.69, 9.17) is 14.2 Å². The molecular formula is C23H22N4O3. The molecule has 30 heavy (non-hydrogen) atoms. The van der Waals surface area contributed by atoms with Crippen molar-refractivity contribution in [1.82, 2.24) is 9.97 Å². The Bertz CT molecular complexity index is 1060. The Morgan fingerprint density at radius 3 is 2.80 bits per heavy atom. The van der Waals surface area contributed by atoms with Crippen molar-refractivity contribution in [3.63, 3.8) is 0 Å². The summed E-state index contributed by atoms with van der Waals surface area (Å²) in [7, 11) is 1.62. The summed E-state index contributed by atoms with van der Waals surface area (Å²) >= 11 is 0. The minimum Gasteiger partial charge on any atom is -0.497 e. The lowest BCUT2D eigenvalue weighted by Gasteiger charge is -2.23. The number of methoxy groups -OCH3 is 1. The Hall–Kier alpha value is -3.63. The molecule has 0 atom stereocenters. The molecule has 7 nitrogen and oxygen atoms in total. The van der Waals surface area contributed by atoms with Crippen LogP contribution in [0.25, 0.3) is 11.3 Å². The zero-order valence-electron chi connectivity index (χ0n) is 16.7. The largest absolute Gasteiger partial charge is 0.497 e. The second kappa shape index (κ2) is 9.25. The summed E-state index contributed by atoms with van der Waals surface area (Å²) < 4.78 is 16.6. The molecule has 0 aliphatic carbocycles. The predicted molar refractivity (Wildman–Crippen MR) is 113 cm³/mol. The van der Waals surface area contributed by atoms with Gasteiger partial charge in [0.1, 0.15) is 23.7 Å². The SMILES string of the molecule is COc1cccc(Nc2nccc(-c3ccc(OC4CCOCC4)c(C#N)c3)n2)c1. The van der Waals surface area contributed by atoms with E-state index in [1.165, 1.54) is 0 Å². The van der Waals surface area contributed by atoms with Crippen LogP contribution in [0, 0.1) is 11.3 Å². The molecule has 1 saturated heterocycles. The number of anilines is 2. The van der Waals surface area contributed by atoms with Gasteiger partial charge in [0.2, 0.25) is 5.95 Å². The number of nitrogens with zero attached hydrogens (tertiary/aromatic N) is 3. The van der Waals surface area contributed by atoms with Gasteiger partial charge in [-0.1, -0.05) is 6.07 Å². The molecule has 2 heterocycles. The molecule has 0 unspecified atom stereocenters. The van der Waals surface area contributed by atoms with Gasteiger partial charge < -0.3 is 19.5 Å². The molecule has 1 fully saturated rings. The topological polar surface area (TPSA) is 89.3 Å². The second-order valence-electron chi connectivity index (χ2n) is 6.87. The Kier molecular flexibility index (Phi) is 6.06. The fraction of sp³-hybridized carbons (Fsp3) is 0.261. The first kappa shape index (κ1) is 19.7.